The van der Waals surface area contributed by atoms with E-state index in [0.29, 0.717) is 29.2 Å². The van der Waals surface area contributed by atoms with E-state index in [2.05, 4.69) is 0 Å². The number of carbonyl (C=O) groups excluding carboxylic acids is 1. The summed E-state index contributed by atoms with van der Waals surface area (Å²) < 4.78 is 55.8. The predicted octanol–water partition coefficient (Wildman–Crippen LogP) is 7.62. The van der Waals surface area contributed by atoms with Gasteiger partial charge in [0.2, 0.25) is 0 Å². The molecule has 4 nitrogen and oxygen atoms in total. The quantitative estimate of drug-likeness (QED) is 0.182. The fraction of sp³-hybridized carbons (Fsp3) is 0.321. The Balaban J connectivity index is 1.70. The number of aryl methyl sites for hydroxylation is 1. The molecule has 3 aromatic carbocycles. The first-order valence-electron chi connectivity index (χ1n) is 11.6. The molecule has 0 radical (unpaired) electrons. The summed E-state index contributed by atoms with van der Waals surface area (Å²) in [6.45, 7) is 4.05. The van der Waals surface area contributed by atoms with Crippen molar-refractivity contribution in [3.8, 4) is 17.2 Å². The van der Waals surface area contributed by atoms with Gasteiger partial charge in [-0.25, -0.2) is 0 Å². The van der Waals surface area contributed by atoms with E-state index in [1.54, 1.807) is 43.1 Å². The first-order valence-corrected chi connectivity index (χ1v) is 12.6. The molecule has 0 amide bonds. The number of alkyl halides is 3. The second-order valence-corrected chi connectivity index (χ2v) is 9.31. The lowest BCUT2D eigenvalue weighted by Crippen LogP contribution is -2.27. The maximum Gasteiger partial charge on any atom is 0.416 e. The van der Waals surface area contributed by atoms with Crippen LogP contribution >= 0.6 is 11.8 Å². The average Bonchev–Trinajstić information content (AvgIpc) is 2.86. The van der Waals surface area contributed by atoms with Gasteiger partial charge in [-0.15, -0.1) is 11.8 Å². The fourth-order valence-corrected chi connectivity index (χ4v) is 4.43. The van der Waals surface area contributed by atoms with Crippen LogP contribution in [0.25, 0.3) is 0 Å². The molecule has 0 saturated carbocycles. The van der Waals surface area contributed by atoms with Crippen molar-refractivity contribution in [2.45, 2.75) is 43.9 Å². The number of rotatable bonds is 12. The molecule has 3 aromatic rings. The predicted molar refractivity (Wildman–Crippen MR) is 135 cm³/mol. The van der Waals surface area contributed by atoms with Gasteiger partial charge in [0.25, 0.3) is 0 Å². The first kappa shape index (κ1) is 27.5. The molecule has 192 valence electrons. The van der Waals surface area contributed by atoms with E-state index in [9.17, 15) is 18.0 Å². The smallest absolute Gasteiger partial charge is 0.416 e. The Morgan fingerprint density at radius 1 is 0.972 bits per heavy atom. The number of carbonyl (C=O) groups is 1. The Morgan fingerprint density at radius 2 is 1.64 bits per heavy atom. The Kier molecular flexibility index (Phi) is 9.70. The first-order chi connectivity index (χ1) is 17.2. The minimum atomic E-state index is -4.40. The summed E-state index contributed by atoms with van der Waals surface area (Å²) in [6, 6.07) is 17.4. The van der Waals surface area contributed by atoms with Crippen LogP contribution in [-0.2, 0) is 6.18 Å². The Bertz CT molecular complexity index is 1130. The largest absolute Gasteiger partial charge is 0.496 e. The molecule has 0 aliphatic heterocycles. The third-order valence-electron chi connectivity index (χ3n) is 5.38. The van der Waals surface area contributed by atoms with Gasteiger partial charge in [0, 0.05) is 22.6 Å². The Labute approximate surface area is 213 Å². The molecule has 0 N–H and O–H groups in total. The molecule has 0 bridgehead atoms. The van der Waals surface area contributed by atoms with E-state index >= 15 is 0 Å². The van der Waals surface area contributed by atoms with Gasteiger partial charge in [-0.2, -0.15) is 13.2 Å². The van der Waals surface area contributed by atoms with Gasteiger partial charge in [-0.3, -0.25) is 4.79 Å². The van der Waals surface area contributed by atoms with Gasteiger partial charge in [-0.1, -0.05) is 6.92 Å². The molecule has 0 spiro atoms. The lowest BCUT2D eigenvalue weighted by atomic mass is 10.1. The number of benzene rings is 3. The molecule has 8 heteroatoms. The van der Waals surface area contributed by atoms with E-state index in [0.717, 1.165) is 34.8 Å². The van der Waals surface area contributed by atoms with Crippen molar-refractivity contribution in [3.05, 3.63) is 83.4 Å². The zero-order valence-electron chi connectivity index (χ0n) is 20.4. The number of Topliss-reactive ketones (excluding diaryl/α,β-unsaturated/α-hetero) is 1. The summed E-state index contributed by atoms with van der Waals surface area (Å²) in [5.41, 5.74) is 0.906. The van der Waals surface area contributed by atoms with E-state index in [4.69, 9.17) is 14.2 Å². The molecule has 1 unspecified atom stereocenters. The van der Waals surface area contributed by atoms with E-state index in [1.165, 1.54) is 12.1 Å². The van der Waals surface area contributed by atoms with Crippen molar-refractivity contribution in [2.75, 3.05) is 19.5 Å². The minimum absolute atomic E-state index is 0.0802. The summed E-state index contributed by atoms with van der Waals surface area (Å²) in [4.78, 5) is 13.1. The molecule has 0 saturated heterocycles. The van der Waals surface area contributed by atoms with Crippen molar-refractivity contribution in [3.63, 3.8) is 0 Å². The zero-order valence-corrected chi connectivity index (χ0v) is 21.2. The lowest BCUT2D eigenvalue weighted by Gasteiger charge is -2.20. The van der Waals surface area contributed by atoms with Crippen molar-refractivity contribution in [1.29, 1.82) is 0 Å². The molecule has 1 atom stereocenters. The standard InChI is InChI=1S/C28H29F3O4S/c1-4-5-26(32)20-6-10-23(11-7-20)35-24(18-36-25-14-15-27(33-3)19(2)16-25)17-34-22-12-8-21(9-13-22)28(29,30)31/h6-16,24H,4-5,17-18H2,1-3H3. The van der Waals surface area contributed by atoms with E-state index < -0.39 is 17.8 Å². The number of ketones is 1. The number of methoxy groups -OCH3 is 1. The second-order valence-electron chi connectivity index (χ2n) is 8.21. The highest BCUT2D eigenvalue weighted by molar-refractivity contribution is 7.99. The van der Waals surface area contributed by atoms with Crippen LogP contribution in [0, 0.1) is 6.92 Å². The van der Waals surface area contributed by atoms with Crippen LogP contribution in [-0.4, -0.2) is 31.4 Å². The SMILES string of the molecule is CCCC(=O)c1ccc(OC(COc2ccc(C(F)(F)F)cc2)CSc2ccc(OC)c(C)c2)cc1. The lowest BCUT2D eigenvalue weighted by molar-refractivity contribution is -0.137. The van der Waals surface area contributed by atoms with E-state index in [-0.39, 0.29) is 12.4 Å². The van der Waals surface area contributed by atoms with Gasteiger partial charge in [-0.05, 0) is 85.6 Å². The maximum atomic E-state index is 12.8. The summed E-state index contributed by atoms with van der Waals surface area (Å²) in [7, 11) is 1.62. The van der Waals surface area contributed by atoms with Crippen LogP contribution in [0.2, 0.25) is 0 Å². The normalized spacial score (nSPS) is 12.2. The number of hydrogen-bond acceptors (Lipinski definition) is 5. The van der Waals surface area contributed by atoms with Crippen LogP contribution < -0.4 is 14.2 Å². The van der Waals surface area contributed by atoms with E-state index in [1.807, 2.05) is 32.0 Å². The van der Waals surface area contributed by atoms with Crippen LogP contribution in [0.5, 0.6) is 17.2 Å². The van der Waals surface area contributed by atoms with Crippen LogP contribution in [0.15, 0.2) is 71.6 Å². The molecule has 3 rings (SSSR count). The summed E-state index contributed by atoms with van der Waals surface area (Å²) in [6.07, 6.45) is -3.54. The highest BCUT2D eigenvalue weighted by Gasteiger charge is 2.30. The molecule has 0 aliphatic carbocycles. The molecule has 0 aliphatic rings. The highest BCUT2D eigenvalue weighted by Crippen LogP contribution is 2.31. The van der Waals surface area contributed by atoms with Crippen LogP contribution in [0.4, 0.5) is 13.2 Å². The fourth-order valence-electron chi connectivity index (χ4n) is 3.46. The molecule has 36 heavy (non-hydrogen) atoms. The van der Waals surface area contributed by atoms with Crippen molar-refractivity contribution in [2.24, 2.45) is 0 Å². The number of ether oxygens (including phenoxy) is 3. The van der Waals surface area contributed by atoms with Gasteiger partial charge in [0.1, 0.15) is 30.0 Å². The topological polar surface area (TPSA) is 44.8 Å². The Hall–Kier alpha value is -3.13. The van der Waals surface area contributed by atoms with Gasteiger partial charge in [0.05, 0.1) is 12.7 Å². The Morgan fingerprint density at radius 3 is 2.22 bits per heavy atom. The monoisotopic (exact) mass is 518 g/mol. The van der Waals surface area contributed by atoms with Gasteiger partial charge < -0.3 is 14.2 Å². The average molecular weight is 519 g/mol. The highest BCUT2D eigenvalue weighted by atomic mass is 32.2. The van der Waals surface area contributed by atoms with Crippen molar-refractivity contribution in [1.82, 2.24) is 0 Å². The van der Waals surface area contributed by atoms with Crippen molar-refractivity contribution < 1.29 is 32.2 Å². The van der Waals surface area contributed by atoms with Crippen LogP contribution in [0.1, 0.15) is 41.3 Å². The van der Waals surface area contributed by atoms with Gasteiger partial charge in [0.15, 0.2) is 5.78 Å². The number of halogens is 3. The maximum absolute atomic E-state index is 12.8. The van der Waals surface area contributed by atoms with Crippen molar-refractivity contribution >= 4 is 17.5 Å². The third kappa shape index (κ3) is 7.95. The molecule has 0 aromatic heterocycles. The number of hydrogen-bond donors (Lipinski definition) is 0. The molecule has 0 heterocycles. The summed E-state index contributed by atoms with van der Waals surface area (Å²) in [5.74, 6) is 2.31. The minimum Gasteiger partial charge on any atom is -0.496 e. The second kappa shape index (κ2) is 12.7. The molecular formula is C28H29F3O4S. The van der Waals surface area contributed by atoms with Gasteiger partial charge >= 0.3 is 6.18 Å². The molecule has 0 fully saturated rings. The number of thioether (sulfide) groups is 1. The third-order valence-corrected chi connectivity index (χ3v) is 6.50. The molecular weight excluding hydrogens is 489 g/mol. The summed E-state index contributed by atoms with van der Waals surface area (Å²) >= 11 is 1.57. The zero-order chi connectivity index (χ0) is 26.1. The van der Waals surface area contributed by atoms with Crippen LogP contribution in [0.3, 0.4) is 0 Å². The summed E-state index contributed by atoms with van der Waals surface area (Å²) in [5, 5.41) is 0.